The fraction of sp³-hybridized carbons (Fsp3) is 1.00. The molecule has 0 radical (unpaired) electrons. The highest BCUT2D eigenvalue weighted by Gasteiger charge is 2.15. The third-order valence-electron chi connectivity index (χ3n) is 1.17. The molecule has 0 N–H and O–H groups in total. The number of hydrogen-bond donors (Lipinski definition) is 0. The van der Waals surface area contributed by atoms with Crippen molar-refractivity contribution in [2.24, 2.45) is 0 Å². The van der Waals surface area contributed by atoms with Crippen LogP contribution in [-0.2, 0) is 8.23 Å². The van der Waals surface area contributed by atoms with Crippen molar-refractivity contribution in [1.29, 1.82) is 0 Å². The summed E-state index contributed by atoms with van der Waals surface area (Å²) in [5.74, 6) is 0. The first kappa shape index (κ1) is 18.2. The first-order valence-corrected chi connectivity index (χ1v) is 17.4. The Morgan fingerprint density at radius 2 is 1.27 bits per heavy atom. The van der Waals surface area contributed by atoms with E-state index < -0.39 is 25.7 Å². The standard InChI is InChI=1S/C5H16OSi2.C4H14OSi2/c1-7(2)6-8(3,4)5;1-6-5-7(2,3)4/h7H,1-5H3;6H2,1-4H3. The Hall–Kier alpha value is 0.788. The van der Waals surface area contributed by atoms with Gasteiger partial charge in [-0.1, -0.05) is 6.55 Å². The highest BCUT2D eigenvalue weighted by atomic mass is 28.4. The van der Waals surface area contributed by atoms with E-state index in [2.05, 4.69) is 58.9 Å². The first-order valence-electron chi connectivity index (χ1n) is 5.79. The zero-order chi connectivity index (χ0) is 12.7. The molecule has 0 aromatic heterocycles. The molecule has 0 aliphatic heterocycles. The summed E-state index contributed by atoms with van der Waals surface area (Å²) < 4.78 is 11.2. The molecule has 2 nitrogen and oxygen atoms in total. The molecule has 0 fully saturated rings. The molecule has 0 amide bonds. The van der Waals surface area contributed by atoms with Crippen molar-refractivity contribution in [3.63, 3.8) is 0 Å². The van der Waals surface area contributed by atoms with Crippen LogP contribution in [0.3, 0.4) is 0 Å². The van der Waals surface area contributed by atoms with Crippen molar-refractivity contribution in [3.05, 3.63) is 0 Å². The maximum Gasteiger partial charge on any atom is 0.170 e. The average Bonchev–Trinajstić information content (AvgIpc) is 1.77. The Morgan fingerprint density at radius 3 is 1.27 bits per heavy atom. The molecule has 0 rings (SSSR count). The van der Waals surface area contributed by atoms with Crippen LogP contribution in [0.15, 0.2) is 0 Å². The summed E-state index contributed by atoms with van der Waals surface area (Å²) in [6.07, 6.45) is 0. The SMILES string of the molecule is C[SiH2]O[Si](C)(C)C.C[SiH](C)O[Si](C)(C)C. The summed E-state index contributed by atoms with van der Waals surface area (Å²) in [5.41, 5.74) is 0. The summed E-state index contributed by atoms with van der Waals surface area (Å²) in [4.78, 5) is 0. The maximum atomic E-state index is 5.72. The number of rotatable bonds is 4. The molecule has 0 unspecified atom stereocenters. The Balaban J connectivity index is 0. The summed E-state index contributed by atoms with van der Waals surface area (Å²) >= 11 is 0. The zero-order valence-electron chi connectivity index (χ0n) is 12.1. The molecule has 0 atom stereocenters. The molecule has 0 aromatic rings. The van der Waals surface area contributed by atoms with Gasteiger partial charge in [0.25, 0.3) is 0 Å². The van der Waals surface area contributed by atoms with Gasteiger partial charge in [0.1, 0.15) is 9.76 Å². The van der Waals surface area contributed by atoms with Crippen LogP contribution in [0.4, 0.5) is 0 Å². The van der Waals surface area contributed by atoms with Gasteiger partial charge in [-0.3, -0.25) is 0 Å². The fourth-order valence-corrected chi connectivity index (χ4v) is 10.3. The predicted octanol–water partition coefficient (Wildman–Crippen LogP) is 2.79. The minimum atomic E-state index is -1.16. The quantitative estimate of drug-likeness (QED) is 0.738. The lowest BCUT2D eigenvalue weighted by atomic mass is 11.8. The van der Waals surface area contributed by atoms with Crippen LogP contribution in [0.2, 0.25) is 58.9 Å². The molecule has 0 spiro atoms. The maximum absolute atomic E-state index is 5.72. The second-order valence-electron chi connectivity index (χ2n) is 5.82. The van der Waals surface area contributed by atoms with Crippen LogP contribution in [0.5, 0.6) is 0 Å². The minimum absolute atomic E-state index is 0.128. The van der Waals surface area contributed by atoms with E-state index in [4.69, 9.17) is 8.23 Å². The monoisotopic (exact) mass is 282 g/mol. The van der Waals surface area contributed by atoms with E-state index in [1.54, 1.807) is 0 Å². The third kappa shape index (κ3) is 25.2. The van der Waals surface area contributed by atoms with Gasteiger partial charge in [-0.05, 0) is 52.4 Å². The molecule has 6 heteroatoms. The van der Waals surface area contributed by atoms with Gasteiger partial charge in [-0.2, -0.15) is 0 Å². The van der Waals surface area contributed by atoms with E-state index in [0.717, 1.165) is 0 Å². The topological polar surface area (TPSA) is 18.5 Å². The Bertz CT molecular complexity index is 149. The van der Waals surface area contributed by atoms with Crippen LogP contribution in [0.25, 0.3) is 0 Å². The van der Waals surface area contributed by atoms with Crippen molar-refractivity contribution >= 4 is 35.4 Å². The smallest absolute Gasteiger partial charge is 0.170 e. The van der Waals surface area contributed by atoms with E-state index in [-0.39, 0.29) is 9.76 Å². The van der Waals surface area contributed by atoms with Crippen molar-refractivity contribution in [1.82, 2.24) is 0 Å². The molecular formula is C9H30O2Si4. The van der Waals surface area contributed by atoms with E-state index in [1.165, 1.54) is 0 Å². The molecule has 0 aliphatic rings. The Morgan fingerprint density at radius 1 is 0.867 bits per heavy atom. The van der Waals surface area contributed by atoms with Gasteiger partial charge in [0.05, 0.1) is 0 Å². The van der Waals surface area contributed by atoms with E-state index in [1.807, 2.05) is 0 Å². The second kappa shape index (κ2) is 7.96. The van der Waals surface area contributed by atoms with Crippen molar-refractivity contribution < 1.29 is 8.23 Å². The zero-order valence-corrected chi connectivity index (χ0v) is 16.7. The molecule has 0 aromatic carbocycles. The lowest BCUT2D eigenvalue weighted by molar-refractivity contribution is 0.583. The van der Waals surface area contributed by atoms with Gasteiger partial charge in [-0.15, -0.1) is 0 Å². The molecule has 94 valence electrons. The van der Waals surface area contributed by atoms with Crippen LogP contribution in [0, 0.1) is 0 Å². The van der Waals surface area contributed by atoms with Crippen molar-refractivity contribution in [3.8, 4) is 0 Å². The van der Waals surface area contributed by atoms with Gasteiger partial charge in [-0.25, -0.2) is 0 Å². The molecule has 0 aliphatic carbocycles. The average molecular weight is 283 g/mol. The summed E-state index contributed by atoms with van der Waals surface area (Å²) in [5, 5.41) is 0. The fourth-order valence-electron chi connectivity index (χ4n) is 1.14. The third-order valence-corrected chi connectivity index (χ3v) is 10.5. The normalized spacial score (nSPS) is 13.2. The highest BCUT2D eigenvalue weighted by Crippen LogP contribution is 2.03. The summed E-state index contributed by atoms with van der Waals surface area (Å²) in [6.45, 7) is 20.0. The summed E-state index contributed by atoms with van der Waals surface area (Å²) in [7, 11) is -3.12. The molecule has 0 saturated heterocycles. The Kier molecular flexibility index (Phi) is 9.64. The van der Waals surface area contributed by atoms with Crippen LogP contribution < -0.4 is 0 Å². The van der Waals surface area contributed by atoms with E-state index in [9.17, 15) is 0 Å². The van der Waals surface area contributed by atoms with Gasteiger partial charge in [0.15, 0.2) is 25.7 Å². The molecule has 0 bridgehead atoms. The predicted molar refractivity (Wildman–Crippen MR) is 82.1 cm³/mol. The van der Waals surface area contributed by atoms with Crippen LogP contribution in [0.1, 0.15) is 0 Å². The first-order chi connectivity index (χ1) is 6.48. The lowest BCUT2D eigenvalue weighted by Crippen LogP contribution is -2.31. The Labute approximate surface area is 103 Å². The number of hydrogen-bond acceptors (Lipinski definition) is 2. The lowest BCUT2D eigenvalue weighted by Gasteiger charge is -2.19. The summed E-state index contributed by atoms with van der Waals surface area (Å²) in [6, 6.07) is 0. The van der Waals surface area contributed by atoms with Gasteiger partial charge < -0.3 is 8.23 Å². The van der Waals surface area contributed by atoms with Gasteiger partial charge >= 0.3 is 0 Å². The second-order valence-corrected chi connectivity index (χ2v) is 19.0. The van der Waals surface area contributed by atoms with E-state index >= 15 is 0 Å². The molecular weight excluding hydrogens is 252 g/mol. The van der Waals surface area contributed by atoms with Gasteiger partial charge in [0.2, 0.25) is 0 Å². The molecule has 15 heavy (non-hydrogen) atoms. The van der Waals surface area contributed by atoms with Crippen LogP contribution >= 0.6 is 0 Å². The van der Waals surface area contributed by atoms with E-state index in [0.29, 0.717) is 0 Å². The van der Waals surface area contributed by atoms with Crippen LogP contribution in [-0.4, -0.2) is 35.4 Å². The van der Waals surface area contributed by atoms with Gasteiger partial charge in [0, 0.05) is 0 Å². The van der Waals surface area contributed by atoms with Crippen molar-refractivity contribution in [2.75, 3.05) is 0 Å². The van der Waals surface area contributed by atoms with Crippen molar-refractivity contribution in [2.45, 2.75) is 58.9 Å². The highest BCUT2D eigenvalue weighted by molar-refractivity contribution is 6.76. The minimum Gasteiger partial charge on any atom is -0.461 e. The molecule has 0 heterocycles. The largest absolute Gasteiger partial charge is 0.461 e. The molecule has 0 saturated carbocycles.